The third kappa shape index (κ3) is 2.55. The molecule has 0 aliphatic heterocycles. The molecule has 0 aromatic heterocycles. The second-order valence-electron chi connectivity index (χ2n) is 2.85. The van der Waals surface area contributed by atoms with Crippen LogP contribution in [-0.2, 0) is 0 Å². The molecule has 4 nitrogen and oxygen atoms in total. The van der Waals surface area contributed by atoms with Gasteiger partial charge in [0, 0.05) is 12.1 Å². The van der Waals surface area contributed by atoms with Gasteiger partial charge in [0.2, 0.25) is 0 Å². The van der Waals surface area contributed by atoms with Crippen molar-refractivity contribution in [2.75, 3.05) is 0 Å². The molecular formula is C10H7ClN2O2. The van der Waals surface area contributed by atoms with Crippen LogP contribution in [0.15, 0.2) is 29.3 Å². The Morgan fingerprint density at radius 3 is 2.40 bits per heavy atom. The zero-order chi connectivity index (χ0) is 11.4. The zero-order valence-electron chi connectivity index (χ0n) is 7.90. The molecule has 0 aliphatic carbocycles. The Morgan fingerprint density at radius 2 is 2.00 bits per heavy atom. The van der Waals surface area contributed by atoms with E-state index in [4.69, 9.17) is 16.9 Å². The summed E-state index contributed by atoms with van der Waals surface area (Å²) in [7, 11) is 0. The van der Waals surface area contributed by atoms with Gasteiger partial charge in [-0.05, 0) is 30.2 Å². The number of hydrogen-bond acceptors (Lipinski definition) is 3. The number of allylic oxidation sites excluding steroid dienone is 2. The van der Waals surface area contributed by atoms with E-state index in [0.717, 1.165) is 0 Å². The predicted octanol–water partition coefficient (Wildman–Crippen LogP) is 3.09. The topological polar surface area (TPSA) is 66.9 Å². The minimum atomic E-state index is -0.477. The molecule has 0 heterocycles. The average molecular weight is 223 g/mol. The summed E-state index contributed by atoms with van der Waals surface area (Å²) in [6, 6.07) is 7.69. The molecule has 0 saturated heterocycles. The first kappa shape index (κ1) is 11.2. The first-order valence-corrected chi connectivity index (χ1v) is 4.45. The monoisotopic (exact) mass is 222 g/mol. The van der Waals surface area contributed by atoms with Crippen molar-refractivity contribution in [2.45, 2.75) is 6.92 Å². The van der Waals surface area contributed by atoms with E-state index in [-0.39, 0.29) is 10.7 Å². The Labute approximate surface area is 91.6 Å². The molecule has 76 valence electrons. The first-order valence-electron chi connectivity index (χ1n) is 4.07. The predicted molar refractivity (Wildman–Crippen MR) is 57.2 cm³/mol. The van der Waals surface area contributed by atoms with Crippen molar-refractivity contribution in [3.63, 3.8) is 0 Å². The van der Waals surface area contributed by atoms with Crippen molar-refractivity contribution >= 4 is 22.9 Å². The summed E-state index contributed by atoms with van der Waals surface area (Å²) in [4.78, 5) is 9.91. The SMILES string of the molecule is C/C(=C(\Cl)C#N)c1ccc([N+](=O)[O-])cc1. The maximum Gasteiger partial charge on any atom is 0.269 e. The molecule has 0 fully saturated rings. The van der Waals surface area contributed by atoms with Crippen LogP contribution in [0.4, 0.5) is 5.69 Å². The van der Waals surface area contributed by atoms with Crippen molar-refractivity contribution in [1.29, 1.82) is 5.26 Å². The Kier molecular flexibility index (Phi) is 3.42. The third-order valence-corrected chi connectivity index (χ3v) is 2.31. The van der Waals surface area contributed by atoms with E-state index < -0.39 is 4.92 Å². The van der Waals surface area contributed by atoms with E-state index in [1.165, 1.54) is 12.1 Å². The highest BCUT2D eigenvalue weighted by Gasteiger charge is 2.06. The molecule has 0 radical (unpaired) electrons. The van der Waals surface area contributed by atoms with Gasteiger partial charge in [-0.3, -0.25) is 10.1 Å². The lowest BCUT2D eigenvalue weighted by molar-refractivity contribution is -0.384. The van der Waals surface area contributed by atoms with Crippen LogP contribution in [-0.4, -0.2) is 4.92 Å². The van der Waals surface area contributed by atoms with E-state index in [0.29, 0.717) is 11.1 Å². The summed E-state index contributed by atoms with van der Waals surface area (Å²) >= 11 is 5.64. The fraction of sp³-hybridized carbons (Fsp3) is 0.100. The first-order chi connectivity index (χ1) is 7.06. The third-order valence-electron chi connectivity index (χ3n) is 1.94. The van der Waals surface area contributed by atoms with Crippen LogP contribution in [0.25, 0.3) is 5.57 Å². The number of hydrogen-bond donors (Lipinski definition) is 0. The Morgan fingerprint density at radius 1 is 1.47 bits per heavy atom. The van der Waals surface area contributed by atoms with E-state index in [9.17, 15) is 10.1 Å². The molecule has 1 aromatic carbocycles. The Balaban J connectivity index is 3.11. The van der Waals surface area contributed by atoms with Gasteiger partial charge in [0.15, 0.2) is 0 Å². The smallest absolute Gasteiger partial charge is 0.258 e. The lowest BCUT2D eigenvalue weighted by Crippen LogP contribution is -1.88. The molecule has 0 amide bonds. The molecule has 0 saturated carbocycles. The van der Waals surface area contributed by atoms with Crippen molar-refractivity contribution in [2.24, 2.45) is 0 Å². The summed E-state index contributed by atoms with van der Waals surface area (Å²) in [6.07, 6.45) is 0. The van der Waals surface area contributed by atoms with Crippen LogP contribution in [0.3, 0.4) is 0 Å². The van der Waals surface area contributed by atoms with E-state index in [1.54, 1.807) is 19.1 Å². The number of benzene rings is 1. The van der Waals surface area contributed by atoms with Gasteiger partial charge in [0.25, 0.3) is 5.69 Å². The molecule has 0 aliphatic rings. The summed E-state index contributed by atoms with van der Waals surface area (Å²) in [5.74, 6) is 0. The molecule has 15 heavy (non-hydrogen) atoms. The van der Waals surface area contributed by atoms with Gasteiger partial charge in [-0.1, -0.05) is 11.6 Å². The fourth-order valence-corrected chi connectivity index (χ4v) is 1.15. The largest absolute Gasteiger partial charge is 0.269 e. The summed E-state index contributed by atoms with van der Waals surface area (Å²) in [5, 5.41) is 19.0. The molecular weight excluding hydrogens is 216 g/mol. The quantitative estimate of drug-likeness (QED) is 0.439. The number of nitro benzene ring substituents is 1. The second-order valence-corrected chi connectivity index (χ2v) is 3.23. The molecule has 0 bridgehead atoms. The Hall–Kier alpha value is -1.86. The van der Waals surface area contributed by atoms with E-state index >= 15 is 0 Å². The maximum atomic E-state index is 10.4. The molecule has 1 aromatic rings. The van der Waals surface area contributed by atoms with Crippen LogP contribution >= 0.6 is 11.6 Å². The Bertz CT molecular complexity index is 457. The highest BCUT2D eigenvalue weighted by Crippen LogP contribution is 2.22. The van der Waals surface area contributed by atoms with Gasteiger partial charge in [0.05, 0.1) is 4.92 Å². The minimum absolute atomic E-state index is 0.0135. The van der Waals surface area contributed by atoms with Gasteiger partial charge in [-0.15, -0.1) is 0 Å². The number of nitrogens with zero attached hydrogens (tertiary/aromatic N) is 2. The number of nitriles is 1. The molecule has 0 N–H and O–H groups in total. The lowest BCUT2D eigenvalue weighted by atomic mass is 10.1. The number of nitro groups is 1. The lowest BCUT2D eigenvalue weighted by Gasteiger charge is -2.00. The van der Waals surface area contributed by atoms with Crippen molar-refractivity contribution in [3.8, 4) is 6.07 Å². The van der Waals surface area contributed by atoms with Crippen molar-refractivity contribution in [3.05, 3.63) is 45.0 Å². The van der Waals surface area contributed by atoms with E-state index in [2.05, 4.69) is 0 Å². The van der Waals surface area contributed by atoms with Crippen LogP contribution < -0.4 is 0 Å². The molecule has 0 unspecified atom stereocenters. The molecule has 1 rings (SSSR count). The molecule has 5 heteroatoms. The van der Waals surface area contributed by atoms with Crippen LogP contribution in [0, 0.1) is 21.4 Å². The van der Waals surface area contributed by atoms with Gasteiger partial charge >= 0.3 is 0 Å². The number of non-ortho nitro benzene ring substituents is 1. The second kappa shape index (κ2) is 4.58. The average Bonchev–Trinajstić information content (AvgIpc) is 2.27. The number of rotatable bonds is 2. The standard InChI is InChI=1S/C10H7ClN2O2/c1-7(10(11)6-12)8-2-4-9(5-3-8)13(14)15/h2-5H,1H3/b10-7+. The summed E-state index contributed by atoms with van der Waals surface area (Å²) in [5.41, 5.74) is 1.32. The minimum Gasteiger partial charge on any atom is -0.258 e. The summed E-state index contributed by atoms with van der Waals surface area (Å²) < 4.78 is 0. The fourth-order valence-electron chi connectivity index (χ4n) is 1.04. The van der Waals surface area contributed by atoms with Gasteiger partial charge in [-0.25, -0.2) is 0 Å². The van der Waals surface area contributed by atoms with Crippen molar-refractivity contribution in [1.82, 2.24) is 0 Å². The van der Waals surface area contributed by atoms with Gasteiger partial charge < -0.3 is 0 Å². The highest BCUT2D eigenvalue weighted by molar-refractivity contribution is 6.34. The number of halogens is 1. The molecule has 0 spiro atoms. The van der Waals surface area contributed by atoms with Gasteiger partial charge in [-0.2, -0.15) is 5.26 Å². The normalized spacial score (nSPS) is 11.5. The molecule has 0 atom stereocenters. The van der Waals surface area contributed by atoms with Crippen LogP contribution in [0.2, 0.25) is 0 Å². The van der Waals surface area contributed by atoms with E-state index in [1.807, 2.05) is 6.07 Å². The maximum absolute atomic E-state index is 10.4. The van der Waals surface area contributed by atoms with Crippen LogP contribution in [0.1, 0.15) is 12.5 Å². The zero-order valence-corrected chi connectivity index (χ0v) is 8.65. The van der Waals surface area contributed by atoms with Crippen LogP contribution in [0.5, 0.6) is 0 Å². The highest BCUT2D eigenvalue weighted by atomic mass is 35.5. The van der Waals surface area contributed by atoms with Crippen molar-refractivity contribution < 1.29 is 4.92 Å². The summed E-state index contributed by atoms with van der Waals surface area (Å²) in [6.45, 7) is 1.69. The van der Waals surface area contributed by atoms with Gasteiger partial charge in [0.1, 0.15) is 11.1 Å².